The van der Waals surface area contributed by atoms with E-state index in [4.69, 9.17) is 4.74 Å². The SMILES string of the molecule is CCOC(=O)C1CCCN1c1nccn(CC(C)C)c1=O. The normalized spacial score (nSPS) is 18.3. The highest BCUT2D eigenvalue weighted by Gasteiger charge is 2.34. The van der Waals surface area contributed by atoms with E-state index in [2.05, 4.69) is 18.8 Å². The van der Waals surface area contributed by atoms with E-state index in [0.29, 0.717) is 37.9 Å². The third kappa shape index (κ3) is 3.43. The van der Waals surface area contributed by atoms with Gasteiger partial charge in [0.15, 0.2) is 5.82 Å². The summed E-state index contributed by atoms with van der Waals surface area (Å²) in [6, 6.07) is -0.389. The summed E-state index contributed by atoms with van der Waals surface area (Å²) < 4.78 is 6.76. The summed E-state index contributed by atoms with van der Waals surface area (Å²) in [6.07, 6.45) is 4.89. The van der Waals surface area contributed by atoms with Gasteiger partial charge in [-0.3, -0.25) is 4.79 Å². The van der Waals surface area contributed by atoms with Gasteiger partial charge in [0.1, 0.15) is 6.04 Å². The highest BCUT2D eigenvalue weighted by atomic mass is 16.5. The van der Waals surface area contributed by atoms with Crippen molar-refractivity contribution < 1.29 is 9.53 Å². The summed E-state index contributed by atoms with van der Waals surface area (Å²) in [5.74, 6) is 0.460. The molecule has 116 valence electrons. The maximum absolute atomic E-state index is 12.5. The van der Waals surface area contributed by atoms with E-state index in [9.17, 15) is 9.59 Å². The lowest BCUT2D eigenvalue weighted by atomic mass is 10.2. The number of nitrogens with zero attached hydrogens (tertiary/aromatic N) is 3. The molecule has 1 atom stereocenters. The van der Waals surface area contributed by atoms with Crippen LogP contribution in [0, 0.1) is 5.92 Å². The molecule has 2 heterocycles. The fourth-order valence-corrected chi connectivity index (χ4v) is 2.67. The first-order chi connectivity index (χ1) is 10.0. The molecule has 0 bridgehead atoms. The van der Waals surface area contributed by atoms with E-state index in [1.54, 1.807) is 28.8 Å². The molecule has 1 aliphatic heterocycles. The minimum absolute atomic E-state index is 0.137. The summed E-state index contributed by atoms with van der Waals surface area (Å²) in [6.45, 7) is 7.56. The molecule has 0 radical (unpaired) electrons. The Morgan fingerprint density at radius 3 is 2.95 bits per heavy atom. The molecule has 2 rings (SSSR count). The average molecular weight is 293 g/mol. The van der Waals surface area contributed by atoms with Crippen molar-refractivity contribution in [3.63, 3.8) is 0 Å². The first-order valence-corrected chi connectivity index (χ1v) is 7.53. The molecule has 1 aromatic rings. The largest absolute Gasteiger partial charge is 0.464 e. The van der Waals surface area contributed by atoms with Crippen molar-refractivity contribution in [2.24, 2.45) is 5.92 Å². The van der Waals surface area contributed by atoms with E-state index in [1.807, 2.05) is 0 Å². The van der Waals surface area contributed by atoms with Gasteiger partial charge in [-0.15, -0.1) is 0 Å². The summed E-state index contributed by atoms with van der Waals surface area (Å²) in [7, 11) is 0. The van der Waals surface area contributed by atoms with Crippen LogP contribution in [0.4, 0.5) is 5.82 Å². The van der Waals surface area contributed by atoms with Gasteiger partial charge in [0.2, 0.25) is 0 Å². The van der Waals surface area contributed by atoms with Crippen LogP contribution >= 0.6 is 0 Å². The molecular weight excluding hydrogens is 270 g/mol. The molecule has 0 spiro atoms. The van der Waals surface area contributed by atoms with Crippen LogP contribution in [0.15, 0.2) is 17.2 Å². The van der Waals surface area contributed by atoms with E-state index in [0.717, 1.165) is 6.42 Å². The van der Waals surface area contributed by atoms with Crippen molar-refractivity contribution in [1.82, 2.24) is 9.55 Å². The van der Waals surface area contributed by atoms with Crippen LogP contribution in [0.5, 0.6) is 0 Å². The topological polar surface area (TPSA) is 64.4 Å². The number of esters is 1. The molecule has 1 saturated heterocycles. The number of hydrogen-bond acceptors (Lipinski definition) is 5. The fraction of sp³-hybridized carbons (Fsp3) is 0.667. The Kier molecular flexibility index (Phi) is 4.98. The van der Waals surface area contributed by atoms with Crippen molar-refractivity contribution in [1.29, 1.82) is 0 Å². The Bertz CT molecular complexity index is 553. The molecule has 1 fully saturated rings. The maximum atomic E-state index is 12.5. The van der Waals surface area contributed by atoms with Gasteiger partial charge in [0, 0.05) is 25.5 Å². The lowest BCUT2D eigenvalue weighted by Gasteiger charge is -2.24. The zero-order chi connectivity index (χ0) is 15.4. The van der Waals surface area contributed by atoms with Crippen LogP contribution in [0.3, 0.4) is 0 Å². The first-order valence-electron chi connectivity index (χ1n) is 7.53. The standard InChI is InChI=1S/C15H23N3O3/c1-4-21-15(20)12-6-5-8-18(12)13-14(19)17(9-7-16-13)10-11(2)3/h7,9,11-12H,4-6,8,10H2,1-3H3. The second-order valence-corrected chi connectivity index (χ2v) is 5.71. The first kappa shape index (κ1) is 15.5. The van der Waals surface area contributed by atoms with Crippen molar-refractivity contribution >= 4 is 11.8 Å². The molecule has 0 saturated carbocycles. The van der Waals surface area contributed by atoms with Crippen LogP contribution in [0.1, 0.15) is 33.6 Å². The lowest BCUT2D eigenvalue weighted by Crippen LogP contribution is -2.42. The fourth-order valence-electron chi connectivity index (χ4n) is 2.67. The molecule has 1 aliphatic rings. The number of hydrogen-bond donors (Lipinski definition) is 0. The van der Waals surface area contributed by atoms with Gasteiger partial charge in [0.25, 0.3) is 5.56 Å². The number of carbonyl (C=O) groups is 1. The predicted octanol–water partition coefficient (Wildman–Crippen LogP) is 1.43. The molecule has 0 aliphatic carbocycles. The zero-order valence-electron chi connectivity index (χ0n) is 12.9. The van der Waals surface area contributed by atoms with Gasteiger partial charge >= 0.3 is 5.97 Å². The molecule has 1 aromatic heterocycles. The summed E-state index contributed by atoms with van der Waals surface area (Å²) in [5.41, 5.74) is -0.137. The Balaban J connectivity index is 2.28. The number of anilines is 1. The minimum Gasteiger partial charge on any atom is -0.464 e. The average Bonchev–Trinajstić information content (AvgIpc) is 2.90. The van der Waals surface area contributed by atoms with Crippen LogP contribution < -0.4 is 10.5 Å². The van der Waals surface area contributed by atoms with Crippen LogP contribution in [-0.2, 0) is 16.1 Å². The van der Waals surface area contributed by atoms with Crippen molar-refractivity contribution in [2.45, 2.75) is 46.2 Å². The molecule has 0 aromatic carbocycles. The Hall–Kier alpha value is -1.85. The van der Waals surface area contributed by atoms with Crippen molar-refractivity contribution in [2.75, 3.05) is 18.1 Å². The lowest BCUT2D eigenvalue weighted by molar-refractivity contribution is -0.144. The molecule has 0 N–H and O–H groups in total. The van der Waals surface area contributed by atoms with Crippen molar-refractivity contribution in [3.8, 4) is 0 Å². The Labute approximate surface area is 124 Å². The molecular formula is C15H23N3O3. The van der Waals surface area contributed by atoms with E-state index < -0.39 is 0 Å². The second-order valence-electron chi connectivity index (χ2n) is 5.71. The third-order valence-electron chi connectivity index (χ3n) is 3.54. The zero-order valence-corrected chi connectivity index (χ0v) is 12.9. The van der Waals surface area contributed by atoms with E-state index in [-0.39, 0.29) is 17.6 Å². The number of carbonyl (C=O) groups excluding carboxylic acids is 1. The third-order valence-corrected chi connectivity index (χ3v) is 3.54. The van der Waals surface area contributed by atoms with Gasteiger partial charge in [-0.05, 0) is 25.7 Å². The van der Waals surface area contributed by atoms with Gasteiger partial charge in [0.05, 0.1) is 6.61 Å². The van der Waals surface area contributed by atoms with Gasteiger partial charge in [-0.1, -0.05) is 13.8 Å². The highest BCUT2D eigenvalue weighted by molar-refractivity contribution is 5.80. The van der Waals surface area contributed by atoms with Gasteiger partial charge in [-0.25, -0.2) is 9.78 Å². The summed E-state index contributed by atoms with van der Waals surface area (Å²) >= 11 is 0. The smallest absolute Gasteiger partial charge is 0.328 e. The number of ether oxygens (including phenoxy) is 1. The van der Waals surface area contributed by atoms with Crippen molar-refractivity contribution in [3.05, 3.63) is 22.7 Å². The van der Waals surface area contributed by atoms with Gasteiger partial charge in [-0.2, -0.15) is 0 Å². The van der Waals surface area contributed by atoms with E-state index in [1.165, 1.54) is 0 Å². The highest BCUT2D eigenvalue weighted by Crippen LogP contribution is 2.22. The molecule has 6 heteroatoms. The maximum Gasteiger partial charge on any atom is 0.328 e. The van der Waals surface area contributed by atoms with Gasteiger partial charge < -0.3 is 14.2 Å². The van der Waals surface area contributed by atoms with Crippen LogP contribution in [-0.4, -0.2) is 34.7 Å². The molecule has 21 heavy (non-hydrogen) atoms. The monoisotopic (exact) mass is 293 g/mol. The second kappa shape index (κ2) is 6.74. The van der Waals surface area contributed by atoms with Crippen LogP contribution in [0.25, 0.3) is 0 Å². The minimum atomic E-state index is -0.389. The summed E-state index contributed by atoms with van der Waals surface area (Å²) in [5, 5.41) is 0. The molecule has 6 nitrogen and oxygen atoms in total. The quantitative estimate of drug-likeness (QED) is 0.768. The summed E-state index contributed by atoms with van der Waals surface area (Å²) in [4.78, 5) is 30.5. The Morgan fingerprint density at radius 1 is 1.52 bits per heavy atom. The van der Waals surface area contributed by atoms with E-state index >= 15 is 0 Å². The van der Waals surface area contributed by atoms with Crippen LogP contribution in [0.2, 0.25) is 0 Å². The predicted molar refractivity (Wildman–Crippen MR) is 80.3 cm³/mol. The molecule has 0 amide bonds. The Morgan fingerprint density at radius 2 is 2.29 bits per heavy atom. The molecule has 1 unspecified atom stereocenters. The number of rotatable bonds is 5. The number of aromatic nitrogens is 2.